The predicted octanol–water partition coefficient (Wildman–Crippen LogP) is 1.12. The van der Waals surface area contributed by atoms with Crippen LogP contribution < -0.4 is 11.1 Å². The third-order valence-electron chi connectivity index (χ3n) is 3.92. The van der Waals surface area contributed by atoms with Gasteiger partial charge in [0, 0.05) is 37.0 Å². The van der Waals surface area contributed by atoms with Crippen molar-refractivity contribution in [3.05, 3.63) is 0 Å². The normalized spacial score (nSPS) is 18.8. The Hall–Kier alpha value is -1.10. The van der Waals surface area contributed by atoms with Gasteiger partial charge in [0.15, 0.2) is 0 Å². The summed E-state index contributed by atoms with van der Waals surface area (Å²) in [6.07, 6.45) is 2.42. The minimum atomic E-state index is -0.330. The van der Waals surface area contributed by atoms with E-state index >= 15 is 0 Å². The molecule has 1 atom stereocenters. The maximum atomic E-state index is 12.2. The SMILES string of the molecule is CCC(CN)C(=O)NC1CCN(C(=O)C(C)(C)C)CC1. The van der Waals surface area contributed by atoms with Crippen molar-refractivity contribution in [2.45, 2.75) is 53.0 Å². The van der Waals surface area contributed by atoms with Gasteiger partial charge in [-0.15, -0.1) is 0 Å². The maximum Gasteiger partial charge on any atom is 0.227 e. The smallest absolute Gasteiger partial charge is 0.227 e. The summed E-state index contributed by atoms with van der Waals surface area (Å²) in [7, 11) is 0. The molecule has 5 nitrogen and oxygen atoms in total. The summed E-state index contributed by atoms with van der Waals surface area (Å²) in [5, 5.41) is 3.06. The van der Waals surface area contributed by atoms with Gasteiger partial charge in [-0.1, -0.05) is 27.7 Å². The van der Waals surface area contributed by atoms with Crippen LogP contribution in [0.15, 0.2) is 0 Å². The van der Waals surface area contributed by atoms with Gasteiger partial charge < -0.3 is 16.0 Å². The van der Waals surface area contributed by atoms with Crippen LogP contribution >= 0.6 is 0 Å². The highest BCUT2D eigenvalue weighted by Gasteiger charge is 2.31. The molecular formula is C15H29N3O2. The quantitative estimate of drug-likeness (QED) is 0.812. The molecule has 0 aliphatic carbocycles. The summed E-state index contributed by atoms with van der Waals surface area (Å²) in [5.74, 6) is 0.149. The fourth-order valence-corrected chi connectivity index (χ4v) is 2.48. The molecule has 0 saturated carbocycles. The molecule has 1 aliphatic heterocycles. The number of hydrogen-bond donors (Lipinski definition) is 2. The van der Waals surface area contributed by atoms with E-state index in [1.54, 1.807) is 0 Å². The van der Waals surface area contributed by atoms with E-state index in [1.165, 1.54) is 0 Å². The first-order valence-corrected chi connectivity index (χ1v) is 7.59. The monoisotopic (exact) mass is 283 g/mol. The van der Waals surface area contributed by atoms with Gasteiger partial charge in [0.2, 0.25) is 11.8 Å². The zero-order valence-corrected chi connectivity index (χ0v) is 13.2. The van der Waals surface area contributed by atoms with Crippen molar-refractivity contribution in [2.24, 2.45) is 17.1 Å². The van der Waals surface area contributed by atoms with Crippen LogP contribution in [0.2, 0.25) is 0 Å². The highest BCUT2D eigenvalue weighted by Crippen LogP contribution is 2.21. The molecule has 3 N–H and O–H groups in total. The number of nitrogens with zero attached hydrogens (tertiary/aromatic N) is 1. The van der Waals surface area contributed by atoms with E-state index in [2.05, 4.69) is 5.32 Å². The molecule has 1 aliphatic rings. The Kier molecular flexibility index (Phi) is 5.99. The van der Waals surface area contributed by atoms with Gasteiger partial charge in [0.1, 0.15) is 0 Å². The second-order valence-electron chi connectivity index (χ2n) is 6.67. The maximum absolute atomic E-state index is 12.2. The fraction of sp³-hybridized carbons (Fsp3) is 0.867. The van der Waals surface area contributed by atoms with Crippen LogP contribution in [0.1, 0.15) is 47.0 Å². The van der Waals surface area contributed by atoms with Crippen molar-refractivity contribution in [3.8, 4) is 0 Å². The molecule has 0 aromatic heterocycles. The summed E-state index contributed by atoms with van der Waals surface area (Å²) >= 11 is 0. The second-order valence-corrected chi connectivity index (χ2v) is 6.67. The molecule has 116 valence electrons. The first kappa shape index (κ1) is 17.0. The van der Waals surface area contributed by atoms with Crippen molar-refractivity contribution in [2.75, 3.05) is 19.6 Å². The van der Waals surface area contributed by atoms with Crippen molar-refractivity contribution in [1.29, 1.82) is 0 Å². The van der Waals surface area contributed by atoms with Gasteiger partial charge in [-0.05, 0) is 19.3 Å². The minimum absolute atomic E-state index is 0.0515. The summed E-state index contributed by atoms with van der Waals surface area (Å²) in [5.41, 5.74) is 5.25. The third-order valence-corrected chi connectivity index (χ3v) is 3.92. The van der Waals surface area contributed by atoms with E-state index in [0.717, 1.165) is 32.4 Å². The number of carbonyl (C=O) groups is 2. The Balaban J connectivity index is 2.43. The molecule has 0 spiro atoms. The largest absolute Gasteiger partial charge is 0.353 e. The first-order valence-electron chi connectivity index (χ1n) is 7.59. The van der Waals surface area contributed by atoms with Crippen LogP contribution in [0.3, 0.4) is 0 Å². The number of hydrogen-bond acceptors (Lipinski definition) is 3. The summed E-state index contributed by atoms with van der Waals surface area (Å²) < 4.78 is 0. The fourth-order valence-electron chi connectivity index (χ4n) is 2.48. The number of likely N-dealkylation sites (tertiary alicyclic amines) is 1. The molecule has 2 amide bonds. The molecule has 1 unspecified atom stereocenters. The lowest BCUT2D eigenvalue weighted by molar-refractivity contribution is -0.140. The summed E-state index contributed by atoms with van der Waals surface area (Å²) in [6.45, 7) is 9.63. The molecule has 0 radical (unpaired) electrons. The van der Waals surface area contributed by atoms with Crippen molar-refractivity contribution in [1.82, 2.24) is 10.2 Å². The Bertz CT molecular complexity index is 338. The van der Waals surface area contributed by atoms with Gasteiger partial charge in [0.05, 0.1) is 0 Å². The van der Waals surface area contributed by atoms with Crippen LogP contribution in [-0.4, -0.2) is 42.4 Å². The number of carbonyl (C=O) groups excluding carboxylic acids is 2. The molecule has 0 bridgehead atoms. The number of amides is 2. The van der Waals surface area contributed by atoms with E-state index in [4.69, 9.17) is 5.73 Å². The lowest BCUT2D eigenvalue weighted by atomic mass is 9.93. The molecule has 20 heavy (non-hydrogen) atoms. The first-order chi connectivity index (χ1) is 9.29. The van der Waals surface area contributed by atoms with Gasteiger partial charge >= 0.3 is 0 Å². The molecular weight excluding hydrogens is 254 g/mol. The van der Waals surface area contributed by atoms with Crippen LogP contribution in [0.25, 0.3) is 0 Å². The third kappa shape index (κ3) is 4.47. The lowest BCUT2D eigenvalue weighted by Crippen LogP contribution is -2.50. The summed E-state index contributed by atoms with van der Waals surface area (Å²) in [6, 6.07) is 0.173. The van der Waals surface area contributed by atoms with Crippen molar-refractivity contribution >= 4 is 11.8 Å². The Morgan fingerprint density at radius 1 is 1.30 bits per heavy atom. The molecule has 5 heteroatoms. The highest BCUT2D eigenvalue weighted by atomic mass is 16.2. The van der Waals surface area contributed by atoms with Crippen molar-refractivity contribution in [3.63, 3.8) is 0 Å². The van der Waals surface area contributed by atoms with Crippen LogP contribution in [0.5, 0.6) is 0 Å². The topological polar surface area (TPSA) is 75.4 Å². The van der Waals surface area contributed by atoms with E-state index < -0.39 is 0 Å². The number of nitrogens with one attached hydrogen (secondary N) is 1. The lowest BCUT2D eigenvalue weighted by Gasteiger charge is -2.36. The second kappa shape index (κ2) is 7.07. The predicted molar refractivity (Wildman–Crippen MR) is 80.0 cm³/mol. The Morgan fingerprint density at radius 2 is 1.85 bits per heavy atom. The van der Waals surface area contributed by atoms with E-state index in [1.807, 2.05) is 32.6 Å². The average Bonchev–Trinajstić information content (AvgIpc) is 2.39. The minimum Gasteiger partial charge on any atom is -0.353 e. The molecule has 1 fully saturated rings. The highest BCUT2D eigenvalue weighted by molar-refractivity contribution is 5.82. The molecule has 1 rings (SSSR count). The van der Waals surface area contributed by atoms with Crippen LogP contribution in [-0.2, 0) is 9.59 Å². The molecule has 1 heterocycles. The number of nitrogens with two attached hydrogens (primary N) is 1. The molecule has 1 saturated heterocycles. The molecule has 0 aromatic rings. The Labute approximate surface area is 122 Å². The summed E-state index contributed by atoms with van der Waals surface area (Å²) in [4.78, 5) is 26.1. The average molecular weight is 283 g/mol. The van der Waals surface area contributed by atoms with Crippen LogP contribution in [0.4, 0.5) is 0 Å². The zero-order chi connectivity index (χ0) is 15.3. The van der Waals surface area contributed by atoms with Gasteiger partial charge in [-0.3, -0.25) is 9.59 Å². The van der Waals surface area contributed by atoms with E-state index in [-0.39, 0.29) is 29.2 Å². The standard InChI is InChI=1S/C15H29N3O2/c1-5-11(10-16)13(19)17-12-6-8-18(9-7-12)14(20)15(2,3)4/h11-12H,5-10,16H2,1-4H3,(H,17,19). The zero-order valence-electron chi connectivity index (χ0n) is 13.2. The Morgan fingerprint density at radius 3 is 2.25 bits per heavy atom. The van der Waals surface area contributed by atoms with Crippen LogP contribution in [0, 0.1) is 11.3 Å². The number of rotatable bonds is 4. The number of piperidine rings is 1. The van der Waals surface area contributed by atoms with Gasteiger partial charge in [-0.2, -0.15) is 0 Å². The van der Waals surface area contributed by atoms with Crippen molar-refractivity contribution < 1.29 is 9.59 Å². The van der Waals surface area contributed by atoms with E-state index in [9.17, 15) is 9.59 Å². The molecule has 0 aromatic carbocycles. The van der Waals surface area contributed by atoms with Gasteiger partial charge in [-0.25, -0.2) is 0 Å². The van der Waals surface area contributed by atoms with Gasteiger partial charge in [0.25, 0.3) is 0 Å². The van der Waals surface area contributed by atoms with E-state index in [0.29, 0.717) is 6.54 Å².